The number of thiocarbonyl (C=S) groups is 1. The average molecular weight is 285 g/mol. The number of hydrogen-bond donors (Lipinski definition) is 2. The van der Waals surface area contributed by atoms with Crippen LogP contribution in [0.2, 0.25) is 0 Å². The van der Waals surface area contributed by atoms with Crippen molar-refractivity contribution in [1.82, 2.24) is 15.3 Å². The van der Waals surface area contributed by atoms with Crippen LogP contribution >= 0.6 is 12.2 Å². The summed E-state index contributed by atoms with van der Waals surface area (Å²) in [4.78, 5) is 0. The average Bonchev–Trinajstić information content (AvgIpc) is 2.79. The molecule has 6 heteroatoms. The predicted octanol–water partition coefficient (Wildman–Crippen LogP) is 1.98. The minimum Gasteiger partial charge on any atom is -0.362 e. The molecule has 0 saturated heterocycles. The summed E-state index contributed by atoms with van der Waals surface area (Å²) in [6.07, 6.45) is 3.62. The van der Waals surface area contributed by atoms with Crippen LogP contribution in [0.1, 0.15) is 12.5 Å². The molecule has 20 heavy (non-hydrogen) atoms. The van der Waals surface area contributed by atoms with Gasteiger partial charge in [-0.1, -0.05) is 18.2 Å². The highest BCUT2D eigenvalue weighted by Gasteiger charge is 2.05. The van der Waals surface area contributed by atoms with Crippen molar-refractivity contribution in [3.8, 4) is 6.07 Å². The first-order valence-electron chi connectivity index (χ1n) is 6.28. The van der Waals surface area contributed by atoms with E-state index in [0.29, 0.717) is 11.7 Å². The van der Waals surface area contributed by atoms with E-state index in [0.717, 1.165) is 23.0 Å². The lowest BCUT2D eigenvalue weighted by Gasteiger charge is -2.02. The highest BCUT2D eigenvalue weighted by Crippen LogP contribution is 2.19. The van der Waals surface area contributed by atoms with Gasteiger partial charge in [-0.25, -0.2) is 0 Å². The number of nitrogens with one attached hydrogen (secondary N) is 2. The van der Waals surface area contributed by atoms with Crippen LogP contribution < -0.4 is 10.7 Å². The van der Waals surface area contributed by atoms with Crippen LogP contribution in [-0.4, -0.2) is 22.4 Å². The Kier molecular flexibility index (Phi) is 4.69. The first-order chi connectivity index (χ1) is 9.76. The van der Waals surface area contributed by atoms with Crippen molar-refractivity contribution in [3.63, 3.8) is 0 Å². The van der Waals surface area contributed by atoms with Gasteiger partial charge in [-0.2, -0.15) is 10.4 Å². The molecule has 0 unspecified atom stereocenters. The van der Waals surface area contributed by atoms with Crippen molar-refractivity contribution in [2.75, 3.05) is 6.54 Å². The second kappa shape index (κ2) is 6.68. The summed E-state index contributed by atoms with van der Waals surface area (Å²) < 4.78 is 1.90. The molecule has 2 N–H and O–H groups in total. The Morgan fingerprint density at radius 3 is 3.05 bits per heavy atom. The third-order valence-electron chi connectivity index (χ3n) is 2.77. The second-order valence-electron chi connectivity index (χ2n) is 4.12. The van der Waals surface area contributed by atoms with E-state index in [1.807, 2.05) is 42.0 Å². The molecule has 0 aliphatic heterocycles. The van der Waals surface area contributed by atoms with Crippen molar-refractivity contribution in [3.05, 3.63) is 36.0 Å². The van der Waals surface area contributed by atoms with E-state index in [9.17, 15) is 0 Å². The molecule has 2 aromatic rings. The van der Waals surface area contributed by atoms with Crippen LogP contribution in [0.15, 0.2) is 35.6 Å². The Bertz CT molecular complexity index is 680. The van der Waals surface area contributed by atoms with Crippen LogP contribution in [0.5, 0.6) is 0 Å². The summed E-state index contributed by atoms with van der Waals surface area (Å²) in [6, 6.07) is 10.1. The number of rotatable bonds is 4. The number of nitrogens with zero attached hydrogens (tertiary/aromatic N) is 3. The van der Waals surface area contributed by atoms with Gasteiger partial charge in [0.2, 0.25) is 0 Å². The maximum atomic E-state index is 8.85. The molecule has 0 bridgehead atoms. The molecule has 1 aromatic carbocycles. The van der Waals surface area contributed by atoms with Gasteiger partial charge in [-0.15, -0.1) is 0 Å². The van der Waals surface area contributed by atoms with E-state index in [-0.39, 0.29) is 0 Å². The maximum Gasteiger partial charge on any atom is 0.186 e. The molecule has 2 rings (SSSR count). The Labute approximate surface area is 122 Å². The van der Waals surface area contributed by atoms with E-state index in [1.165, 1.54) is 0 Å². The fraction of sp³-hybridized carbons (Fsp3) is 0.214. The minimum atomic E-state index is 0.317. The van der Waals surface area contributed by atoms with Gasteiger partial charge in [0, 0.05) is 29.2 Å². The minimum absolute atomic E-state index is 0.317. The summed E-state index contributed by atoms with van der Waals surface area (Å²) in [5.74, 6) is 0. The summed E-state index contributed by atoms with van der Waals surface area (Å²) in [5, 5.41) is 17.5. The van der Waals surface area contributed by atoms with Gasteiger partial charge in [0.25, 0.3) is 0 Å². The number of fused-ring (bicyclic) bond motifs is 1. The quantitative estimate of drug-likeness (QED) is 0.512. The number of nitriles is 1. The number of hydrogen-bond acceptors (Lipinski definition) is 3. The zero-order chi connectivity index (χ0) is 14.4. The summed E-state index contributed by atoms with van der Waals surface area (Å²) >= 11 is 5.03. The number of benzene rings is 1. The largest absolute Gasteiger partial charge is 0.362 e. The fourth-order valence-corrected chi connectivity index (χ4v) is 2.14. The normalized spacial score (nSPS) is 10.6. The number of aromatic nitrogens is 1. The standard InChI is InChI=1S/C14H15N5S/c1-2-16-14(20)18-17-9-11-10-19(8-7-15)13-6-4-3-5-12(11)13/h3-6,9-10H,2,8H2,1H3,(H2,16,18,20). The highest BCUT2D eigenvalue weighted by atomic mass is 32.1. The van der Waals surface area contributed by atoms with Gasteiger partial charge >= 0.3 is 0 Å². The monoisotopic (exact) mass is 285 g/mol. The van der Waals surface area contributed by atoms with Crippen LogP contribution in [0, 0.1) is 11.3 Å². The predicted molar refractivity (Wildman–Crippen MR) is 84.6 cm³/mol. The van der Waals surface area contributed by atoms with Gasteiger partial charge in [0.1, 0.15) is 6.54 Å². The third kappa shape index (κ3) is 3.13. The second-order valence-corrected chi connectivity index (χ2v) is 4.53. The first kappa shape index (κ1) is 14.0. The zero-order valence-electron chi connectivity index (χ0n) is 11.1. The molecule has 102 valence electrons. The lowest BCUT2D eigenvalue weighted by atomic mass is 10.2. The summed E-state index contributed by atoms with van der Waals surface area (Å²) in [6.45, 7) is 3.04. The maximum absolute atomic E-state index is 8.85. The molecule has 0 amide bonds. The molecular formula is C14H15N5S. The highest BCUT2D eigenvalue weighted by molar-refractivity contribution is 7.80. The summed E-state index contributed by atoms with van der Waals surface area (Å²) in [7, 11) is 0. The topological polar surface area (TPSA) is 65.1 Å². The van der Waals surface area contributed by atoms with E-state index in [2.05, 4.69) is 21.9 Å². The van der Waals surface area contributed by atoms with Gasteiger partial charge < -0.3 is 9.88 Å². The van der Waals surface area contributed by atoms with Crippen LogP contribution in [0.3, 0.4) is 0 Å². The molecule has 0 fully saturated rings. The Balaban J connectivity index is 2.24. The summed E-state index contributed by atoms with van der Waals surface area (Å²) in [5.41, 5.74) is 4.72. The van der Waals surface area contributed by atoms with Crippen LogP contribution in [-0.2, 0) is 6.54 Å². The van der Waals surface area contributed by atoms with Crippen LogP contribution in [0.25, 0.3) is 10.9 Å². The van der Waals surface area contributed by atoms with E-state index < -0.39 is 0 Å². The van der Waals surface area contributed by atoms with Gasteiger partial charge in [0.15, 0.2) is 5.11 Å². The zero-order valence-corrected chi connectivity index (χ0v) is 11.9. The molecule has 0 atom stereocenters. The molecule has 1 aromatic heterocycles. The van der Waals surface area contributed by atoms with Crippen molar-refractivity contribution in [2.45, 2.75) is 13.5 Å². The Morgan fingerprint density at radius 2 is 2.30 bits per heavy atom. The Morgan fingerprint density at radius 1 is 1.50 bits per heavy atom. The first-order valence-corrected chi connectivity index (χ1v) is 6.68. The molecular weight excluding hydrogens is 270 g/mol. The van der Waals surface area contributed by atoms with Crippen molar-refractivity contribution >= 4 is 34.4 Å². The fourth-order valence-electron chi connectivity index (χ4n) is 1.95. The van der Waals surface area contributed by atoms with Crippen molar-refractivity contribution in [1.29, 1.82) is 5.26 Å². The number of para-hydroxylation sites is 1. The van der Waals surface area contributed by atoms with Crippen molar-refractivity contribution < 1.29 is 0 Å². The van der Waals surface area contributed by atoms with E-state index in [1.54, 1.807) is 6.21 Å². The molecule has 5 nitrogen and oxygen atoms in total. The molecule has 0 aliphatic rings. The number of hydrazone groups is 1. The van der Waals surface area contributed by atoms with Gasteiger partial charge in [-0.3, -0.25) is 5.43 Å². The molecule has 1 heterocycles. The van der Waals surface area contributed by atoms with Gasteiger partial charge in [-0.05, 0) is 25.2 Å². The molecule has 0 radical (unpaired) electrons. The van der Waals surface area contributed by atoms with E-state index in [4.69, 9.17) is 17.5 Å². The van der Waals surface area contributed by atoms with Crippen molar-refractivity contribution in [2.24, 2.45) is 5.10 Å². The molecule has 0 spiro atoms. The third-order valence-corrected chi connectivity index (χ3v) is 3.00. The van der Waals surface area contributed by atoms with E-state index >= 15 is 0 Å². The lowest BCUT2D eigenvalue weighted by molar-refractivity contribution is 0.873. The van der Waals surface area contributed by atoms with Gasteiger partial charge in [0.05, 0.1) is 12.3 Å². The molecule has 0 aliphatic carbocycles. The SMILES string of the molecule is CCNC(=S)NN=Cc1cn(CC#N)c2ccccc12. The lowest BCUT2D eigenvalue weighted by Crippen LogP contribution is -2.31. The smallest absolute Gasteiger partial charge is 0.186 e. The molecule has 0 saturated carbocycles. The van der Waals surface area contributed by atoms with Crippen LogP contribution in [0.4, 0.5) is 0 Å². The Hall–Kier alpha value is -2.39.